The predicted octanol–water partition coefficient (Wildman–Crippen LogP) is 10.1. The molecule has 0 atom stereocenters. The molecular weight excluding hydrogens is 767 g/mol. The van der Waals surface area contributed by atoms with Crippen LogP contribution in [-0.4, -0.2) is 28.6 Å². The molecule has 0 radical (unpaired) electrons. The second-order valence-electron chi connectivity index (χ2n) is 12.8. The normalized spacial score (nSPS) is 11.7. The van der Waals surface area contributed by atoms with Crippen LogP contribution in [0.5, 0.6) is 11.5 Å². The molecule has 260 valence electrons. The Labute approximate surface area is 323 Å². The Hall–Kier alpha value is -5.93. The molecule has 2 heterocycles. The maximum absolute atomic E-state index is 5.64. The molecule has 0 bridgehead atoms. The number of ether oxygens (including phenoxy) is 2. The number of fused-ring (bicyclic) bond motifs is 1. The van der Waals surface area contributed by atoms with E-state index in [0.717, 1.165) is 59.8 Å². The van der Waals surface area contributed by atoms with Crippen molar-refractivity contribution < 1.29 is 9.47 Å². The number of hydrogen-bond donors (Lipinski definition) is 1. The first kappa shape index (κ1) is 34.2. The highest BCUT2D eigenvalue weighted by Gasteiger charge is 2.43. The van der Waals surface area contributed by atoms with Crippen LogP contribution in [0.4, 0.5) is 5.95 Å². The average molecular weight is 805 g/mol. The van der Waals surface area contributed by atoms with Gasteiger partial charge in [-0.2, -0.15) is 0 Å². The van der Waals surface area contributed by atoms with Gasteiger partial charge in [0.15, 0.2) is 5.65 Å². The number of anilines is 1. The lowest BCUT2D eigenvalue weighted by Gasteiger charge is -2.39. The first-order chi connectivity index (χ1) is 26.1. The summed E-state index contributed by atoms with van der Waals surface area (Å²) in [5, 5.41) is 4.07. The summed E-state index contributed by atoms with van der Waals surface area (Å²) in [4.78, 5) is 10.0. The van der Waals surface area contributed by atoms with E-state index >= 15 is 0 Å². The Kier molecular flexibility index (Phi) is 9.41. The van der Waals surface area contributed by atoms with Crippen LogP contribution < -0.4 is 14.8 Å². The molecule has 8 aromatic rings. The Morgan fingerprint density at radius 3 is 1.36 bits per heavy atom. The van der Waals surface area contributed by atoms with Crippen molar-refractivity contribution in [1.82, 2.24) is 14.4 Å². The summed E-state index contributed by atoms with van der Waals surface area (Å²) < 4.78 is 14.5. The molecule has 8 rings (SSSR count). The number of aromatic nitrogens is 3. The third-order valence-electron chi connectivity index (χ3n) is 10.1. The van der Waals surface area contributed by atoms with Gasteiger partial charge in [0.1, 0.15) is 23.4 Å². The van der Waals surface area contributed by atoms with Gasteiger partial charge in [-0.3, -0.25) is 4.40 Å². The molecule has 2 aromatic heterocycles. The first-order valence-corrected chi connectivity index (χ1v) is 18.5. The molecule has 53 heavy (non-hydrogen) atoms. The van der Waals surface area contributed by atoms with Gasteiger partial charge in [-0.15, -0.1) is 0 Å². The average Bonchev–Trinajstić information content (AvgIpc) is 3.58. The maximum atomic E-state index is 5.64. The second kappa shape index (κ2) is 14.6. The van der Waals surface area contributed by atoms with E-state index in [2.05, 4.69) is 172 Å². The van der Waals surface area contributed by atoms with Gasteiger partial charge in [0.2, 0.25) is 5.95 Å². The van der Waals surface area contributed by atoms with Crippen molar-refractivity contribution in [2.24, 2.45) is 0 Å². The number of methoxy groups -OCH3 is 2. The fourth-order valence-electron chi connectivity index (χ4n) is 7.63. The van der Waals surface area contributed by atoms with Gasteiger partial charge in [0.05, 0.1) is 23.2 Å². The van der Waals surface area contributed by atoms with Crippen LogP contribution in [0, 0.1) is 3.57 Å². The van der Waals surface area contributed by atoms with Gasteiger partial charge in [0.25, 0.3) is 0 Å². The fraction of sp³-hybridized carbons (Fsp3) is 0.0870. The molecule has 0 unspecified atom stereocenters. The van der Waals surface area contributed by atoms with Crippen LogP contribution in [0.2, 0.25) is 0 Å². The lowest BCUT2D eigenvalue weighted by Crippen LogP contribution is -2.40. The first-order valence-electron chi connectivity index (χ1n) is 17.4. The van der Waals surface area contributed by atoms with Crippen molar-refractivity contribution >= 4 is 34.2 Å². The van der Waals surface area contributed by atoms with Crippen molar-refractivity contribution in [3.05, 3.63) is 225 Å². The minimum absolute atomic E-state index is 0.640. The summed E-state index contributed by atoms with van der Waals surface area (Å²) >= 11 is 2.41. The molecule has 7 heteroatoms. The van der Waals surface area contributed by atoms with Crippen LogP contribution >= 0.6 is 22.6 Å². The zero-order valence-electron chi connectivity index (χ0n) is 29.4. The van der Waals surface area contributed by atoms with E-state index in [-0.39, 0.29) is 0 Å². The van der Waals surface area contributed by atoms with Crippen molar-refractivity contribution in [3.63, 3.8) is 0 Å². The molecule has 0 saturated carbocycles. The van der Waals surface area contributed by atoms with E-state index in [1.807, 2.05) is 36.4 Å². The maximum Gasteiger partial charge on any atom is 0.211 e. The van der Waals surface area contributed by atoms with Gasteiger partial charge >= 0.3 is 0 Å². The highest BCUT2D eigenvalue weighted by Crippen LogP contribution is 2.48. The standard InChI is InChI=1S/C46H37IN4O2/c1-52-39-27-23-35(24-28-39)45(33-15-7-3-8-16-33,34-17-9-4-10-18-34)42-31-41(47)43-48-32-49-44(51(42)43)50-46(36-19-11-5-12-20-36,37-21-13-6-14-22-37)38-25-29-40(53-2)30-26-38/h3-32H,1-2H3,(H,48,49,50). The summed E-state index contributed by atoms with van der Waals surface area (Å²) in [5.74, 6) is 2.21. The Bertz CT molecular complexity index is 2360. The molecule has 6 aromatic carbocycles. The predicted molar refractivity (Wildman–Crippen MR) is 220 cm³/mol. The summed E-state index contributed by atoms with van der Waals surface area (Å²) in [5.41, 5.74) is 6.56. The van der Waals surface area contributed by atoms with Crippen molar-refractivity contribution in [2.75, 3.05) is 19.5 Å². The highest BCUT2D eigenvalue weighted by atomic mass is 127. The Morgan fingerprint density at radius 2 is 0.906 bits per heavy atom. The molecule has 6 nitrogen and oxygen atoms in total. The minimum Gasteiger partial charge on any atom is -0.497 e. The van der Waals surface area contributed by atoms with Crippen LogP contribution in [0.1, 0.15) is 39.1 Å². The summed E-state index contributed by atoms with van der Waals surface area (Å²) in [6, 6.07) is 61.4. The van der Waals surface area contributed by atoms with E-state index < -0.39 is 11.0 Å². The molecule has 0 aliphatic rings. The summed E-state index contributed by atoms with van der Waals surface area (Å²) in [6.45, 7) is 0. The van der Waals surface area contributed by atoms with Crippen LogP contribution in [0.25, 0.3) is 5.65 Å². The summed E-state index contributed by atoms with van der Waals surface area (Å²) in [6.07, 6.45) is 1.65. The van der Waals surface area contributed by atoms with Crippen molar-refractivity contribution in [2.45, 2.75) is 11.0 Å². The topological polar surface area (TPSA) is 60.7 Å². The molecule has 0 amide bonds. The fourth-order valence-corrected chi connectivity index (χ4v) is 8.30. The zero-order chi connectivity index (χ0) is 36.3. The van der Waals surface area contributed by atoms with E-state index in [4.69, 9.17) is 19.4 Å². The van der Waals surface area contributed by atoms with Crippen molar-refractivity contribution in [3.8, 4) is 11.5 Å². The number of halogens is 1. The van der Waals surface area contributed by atoms with E-state index in [1.165, 1.54) is 0 Å². The molecule has 1 N–H and O–H groups in total. The number of hydrogen-bond acceptors (Lipinski definition) is 5. The zero-order valence-corrected chi connectivity index (χ0v) is 31.5. The van der Waals surface area contributed by atoms with Crippen LogP contribution in [0.3, 0.4) is 0 Å². The van der Waals surface area contributed by atoms with Crippen LogP contribution in [0.15, 0.2) is 182 Å². The van der Waals surface area contributed by atoms with Gasteiger partial charge < -0.3 is 14.8 Å². The lowest BCUT2D eigenvalue weighted by atomic mass is 9.67. The molecule has 0 aliphatic carbocycles. The third-order valence-corrected chi connectivity index (χ3v) is 10.9. The Morgan fingerprint density at radius 1 is 0.509 bits per heavy atom. The van der Waals surface area contributed by atoms with Crippen LogP contribution in [-0.2, 0) is 11.0 Å². The molecule has 0 saturated heterocycles. The number of nitrogens with one attached hydrogen (secondary N) is 1. The quantitative estimate of drug-likeness (QED) is 0.104. The van der Waals surface area contributed by atoms with Crippen molar-refractivity contribution in [1.29, 1.82) is 0 Å². The number of nitrogens with zero attached hydrogens (tertiary/aromatic N) is 3. The Balaban J connectivity index is 1.48. The largest absolute Gasteiger partial charge is 0.497 e. The molecule has 0 fully saturated rings. The van der Waals surface area contributed by atoms with E-state index in [0.29, 0.717) is 5.95 Å². The second-order valence-corrected chi connectivity index (χ2v) is 13.9. The summed E-state index contributed by atoms with van der Waals surface area (Å²) in [7, 11) is 3.39. The number of rotatable bonds is 11. The SMILES string of the molecule is COc1ccc(C(Nc2ncnc3c(I)cc(C(c4ccccc4)(c4ccccc4)c4ccc(OC)cc4)n23)(c2ccccc2)c2ccccc2)cc1. The van der Waals surface area contributed by atoms with E-state index in [1.54, 1.807) is 20.5 Å². The number of benzene rings is 6. The molecular formula is C46H37IN4O2. The minimum atomic E-state index is -0.870. The smallest absolute Gasteiger partial charge is 0.211 e. The van der Waals surface area contributed by atoms with Gasteiger partial charge in [-0.25, -0.2) is 9.97 Å². The van der Waals surface area contributed by atoms with E-state index in [9.17, 15) is 0 Å². The third kappa shape index (κ3) is 5.91. The molecule has 0 spiro atoms. The van der Waals surface area contributed by atoms with Gasteiger partial charge in [0, 0.05) is 5.69 Å². The molecule has 0 aliphatic heterocycles. The van der Waals surface area contributed by atoms with Gasteiger partial charge in [-0.05, 0) is 86.3 Å². The van der Waals surface area contributed by atoms with Gasteiger partial charge in [-0.1, -0.05) is 146 Å². The monoisotopic (exact) mass is 804 g/mol. The lowest BCUT2D eigenvalue weighted by molar-refractivity contribution is 0.414. The highest BCUT2D eigenvalue weighted by molar-refractivity contribution is 14.1.